The number of carbonyl (C=O) groups is 1. The van der Waals surface area contributed by atoms with Gasteiger partial charge < -0.3 is 14.8 Å². The molecule has 1 N–H and O–H groups in total. The van der Waals surface area contributed by atoms with Gasteiger partial charge in [0.15, 0.2) is 0 Å². The minimum atomic E-state index is -0.149. The second kappa shape index (κ2) is 7.11. The summed E-state index contributed by atoms with van der Waals surface area (Å²) in [5, 5.41) is 2.96. The Bertz CT molecular complexity index is 945. The van der Waals surface area contributed by atoms with E-state index in [0.717, 1.165) is 21.3 Å². The van der Waals surface area contributed by atoms with Crippen LogP contribution in [0.1, 0.15) is 16.0 Å². The van der Waals surface area contributed by atoms with Crippen molar-refractivity contribution in [3.63, 3.8) is 0 Å². The van der Waals surface area contributed by atoms with Crippen molar-refractivity contribution in [1.29, 1.82) is 0 Å². The third-order valence-corrected chi connectivity index (χ3v) is 4.97. The van der Waals surface area contributed by atoms with E-state index in [9.17, 15) is 9.59 Å². The van der Waals surface area contributed by atoms with Crippen molar-refractivity contribution in [3.8, 4) is 0 Å². The third-order valence-electron chi connectivity index (χ3n) is 4.11. The van der Waals surface area contributed by atoms with E-state index < -0.39 is 0 Å². The molecule has 0 aliphatic carbocycles. The van der Waals surface area contributed by atoms with Crippen LogP contribution in [0.3, 0.4) is 0 Å². The van der Waals surface area contributed by atoms with Crippen LogP contribution >= 0.6 is 11.3 Å². The maximum Gasteiger partial charge on any atom is 0.320 e. The SMILES string of the molecule is Cc1cccc2cc(CN(Cc3cccs3)C(=O)N(C)C)c(=O)[nH]c12. The van der Waals surface area contributed by atoms with Gasteiger partial charge in [-0.2, -0.15) is 0 Å². The van der Waals surface area contributed by atoms with E-state index in [4.69, 9.17) is 0 Å². The third kappa shape index (κ3) is 3.74. The summed E-state index contributed by atoms with van der Waals surface area (Å²) in [5.41, 5.74) is 2.32. The molecule has 2 heterocycles. The lowest BCUT2D eigenvalue weighted by atomic mass is 10.1. The number of carbonyl (C=O) groups excluding carboxylic acids is 1. The lowest BCUT2D eigenvalue weighted by Gasteiger charge is -2.25. The van der Waals surface area contributed by atoms with Gasteiger partial charge in [-0.1, -0.05) is 24.3 Å². The van der Waals surface area contributed by atoms with Crippen LogP contribution < -0.4 is 5.56 Å². The smallest absolute Gasteiger partial charge is 0.320 e. The molecule has 0 saturated heterocycles. The highest BCUT2D eigenvalue weighted by Gasteiger charge is 2.18. The van der Waals surface area contributed by atoms with Gasteiger partial charge >= 0.3 is 6.03 Å². The van der Waals surface area contributed by atoms with E-state index in [1.54, 1.807) is 30.3 Å². The van der Waals surface area contributed by atoms with E-state index in [2.05, 4.69) is 4.98 Å². The molecule has 3 aromatic rings. The van der Waals surface area contributed by atoms with Crippen LogP contribution in [0.2, 0.25) is 0 Å². The Hall–Kier alpha value is -2.60. The zero-order chi connectivity index (χ0) is 18.0. The largest absolute Gasteiger partial charge is 0.331 e. The van der Waals surface area contributed by atoms with E-state index in [-0.39, 0.29) is 18.1 Å². The van der Waals surface area contributed by atoms with Crippen molar-refractivity contribution in [1.82, 2.24) is 14.8 Å². The summed E-state index contributed by atoms with van der Waals surface area (Å²) in [7, 11) is 3.44. The zero-order valence-corrected chi connectivity index (χ0v) is 15.4. The molecule has 0 radical (unpaired) electrons. The maximum absolute atomic E-state index is 12.5. The molecule has 0 saturated carbocycles. The summed E-state index contributed by atoms with van der Waals surface area (Å²) in [5.74, 6) is 0. The first-order valence-corrected chi connectivity index (χ1v) is 8.94. The number of thiophene rings is 1. The molecule has 2 aromatic heterocycles. The van der Waals surface area contributed by atoms with Gasteiger partial charge in [0.1, 0.15) is 0 Å². The highest BCUT2D eigenvalue weighted by Crippen LogP contribution is 2.18. The number of aromatic nitrogens is 1. The quantitative estimate of drug-likeness (QED) is 0.778. The second-order valence-electron chi connectivity index (χ2n) is 6.28. The molecule has 130 valence electrons. The molecule has 3 rings (SSSR count). The molecule has 0 spiro atoms. The minimum absolute atomic E-state index is 0.114. The summed E-state index contributed by atoms with van der Waals surface area (Å²) in [4.78, 5) is 32.3. The molecule has 1 aromatic carbocycles. The Morgan fingerprint density at radius 2 is 1.96 bits per heavy atom. The number of aromatic amines is 1. The van der Waals surface area contributed by atoms with E-state index >= 15 is 0 Å². The number of amides is 2. The molecule has 0 unspecified atom stereocenters. The fourth-order valence-electron chi connectivity index (χ4n) is 2.82. The number of rotatable bonds is 4. The lowest BCUT2D eigenvalue weighted by molar-refractivity contribution is 0.165. The molecule has 25 heavy (non-hydrogen) atoms. The number of fused-ring (bicyclic) bond motifs is 1. The number of pyridine rings is 1. The fourth-order valence-corrected chi connectivity index (χ4v) is 3.54. The number of hydrogen-bond donors (Lipinski definition) is 1. The molecule has 0 atom stereocenters. The molecule has 0 aliphatic rings. The van der Waals surface area contributed by atoms with Crippen molar-refractivity contribution < 1.29 is 4.79 Å². The van der Waals surface area contributed by atoms with Gasteiger partial charge in [-0.15, -0.1) is 11.3 Å². The van der Waals surface area contributed by atoms with Crippen molar-refractivity contribution in [2.24, 2.45) is 0 Å². The van der Waals surface area contributed by atoms with Crippen molar-refractivity contribution in [2.75, 3.05) is 14.1 Å². The molecular formula is C19H21N3O2S. The molecular weight excluding hydrogens is 334 g/mol. The lowest BCUT2D eigenvalue weighted by Crippen LogP contribution is -2.39. The molecule has 0 fully saturated rings. The maximum atomic E-state index is 12.5. The first-order chi connectivity index (χ1) is 12.0. The van der Waals surface area contributed by atoms with Crippen LogP contribution in [-0.4, -0.2) is 34.9 Å². The van der Waals surface area contributed by atoms with E-state index in [1.807, 2.05) is 48.7 Å². The number of benzene rings is 1. The van der Waals surface area contributed by atoms with Gasteiger partial charge in [0.05, 0.1) is 18.6 Å². The summed E-state index contributed by atoms with van der Waals surface area (Å²) in [6, 6.07) is 11.6. The summed E-state index contributed by atoms with van der Waals surface area (Å²) >= 11 is 1.60. The second-order valence-corrected chi connectivity index (χ2v) is 7.31. The van der Waals surface area contributed by atoms with Gasteiger partial charge in [-0.3, -0.25) is 4.79 Å². The summed E-state index contributed by atoms with van der Waals surface area (Å²) in [6.07, 6.45) is 0. The standard InChI is InChI=1S/C19H21N3O2S/c1-13-6-4-7-14-10-15(18(23)20-17(13)14)11-22(19(24)21(2)3)12-16-8-5-9-25-16/h4-10H,11-12H2,1-3H3,(H,20,23). The number of urea groups is 1. The predicted octanol–water partition coefficient (Wildman–Crippen LogP) is 3.58. The number of hydrogen-bond acceptors (Lipinski definition) is 3. The summed E-state index contributed by atoms with van der Waals surface area (Å²) < 4.78 is 0. The van der Waals surface area contributed by atoms with Gasteiger partial charge in [-0.25, -0.2) is 4.79 Å². The van der Waals surface area contributed by atoms with Crippen molar-refractivity contribution in [3.05, 3.63) is 68.1 Å². The van der Waals surface area contributed by atoms with E-state index in [0.29, 0.717) is 12.1 Å². The first kappa shape index (κ1) is 17.2. The predicted molar refractivity (Wildman–Crippen MR) is 102 cm³/mol. The van der Waals surface area contributed by atoms with Crippen LogP contribution in [0, 0.1) is 6.92 Å². The summed E-state index contributed by atoms with van der Waals surface area (Å²) in [6.45, 7) is 2.73. The van der Waals surface area contributed by atoms with Crippen LogP contribution in [-0.2, 0) is 13.1 Å². The number of aryl methyl sites for hydroxylation is 1. The Labute approximate surface area is 150 Å². The van der Waals surface area contributed by atoms with Gasteiger partial charge in [0, 0.05) is 24.5 Å². The fraction of sp³-hybridized carbons (Fsp3) is 0.263. The van der Waals surface area contributed by atoms with Gasteiger partial charge in [0.2, 0.25) is 0 Å². The number of nitrogens with zero attached hydrogens (tertiary/aromatic N) is 2. The zero-order valence-electron chi connectivity index (χ0n) is 14.6. The Morgan fingerprint density at radius 3 is 2.64 bits per heavy atom. The first-order valence-electron chi connectivity index (χ1n) is 8.06. The molecule has 0 bridgehead atoms. The monoisotopic (exact) mass is 355 g/mol. The molecule has 0 aliphatic heterocycles. The topological polar surface area (TPSA) is 56.4 Å². The van der Waals surface area contributed by atoms with Gasteiger partial charge in [-0.05, 0) is 35.4 Å². The van der Waals surface area contributed by atoms with E-state index in [1.165, 1.54) is 4.90 Å². The number of H-pyrrole nitrogens is 1. The van der Waals surface area contributed by atoms with Crippen LogP contribution in [0.25, 0.3) is 10.9 Å². The van der Waals surface area contributed by atoms with Crippen LogP contribution in [0.4, 0.5) is 4.79 Å². The van der Waals surface area contributed by atoms with Gasteiger partial charge in [0.25, 0.3) is 5.56 Å². The number of nitrogens with one attached hydrogen (secondary N) is 1. The van der Waals surface area contributed by atoms with Crippen LogP contribution in [0.15, 0.2) is 46.6 Å². The highest BCUT2D eigenvalue weighted by molar-refractivity contribution is 7.09. The Balaban J connectivity index is 1.96. The molecule has 6 heteroatoms. The average Bonchev–Trinajstić information content (AvgIpc) is 3.08. The number of para-hydroxylation sites is 1. The highest BCUT2D eigenvalue weighted by atomic mass is 32.1. The average molecular weight is 355 g/mol. The Morgan fingerprint density at radius 1 is 1.16 bits per heavy atom. The Kier molecular flexibility index (Phi) is 4.90. The normalized spacial score (nSPS) is 10.8. The van der Waals surface area contributed by atoms with Crippen LogP contribution in [0.5, 0.6) is 0 Å². The molecule has 5 nitrogen and oxygen atoms in total. The van der Waals surface area contributed by atoms with Crippen molar-refractivity contribution >= 4 is 28.3 Å². The molecule has 2 amide bonds. The minimum Gasteiger partial charge on any atom is -0.331 e. The van der Waals surface area contributed by atoms with Crippen molar-refractivity contribution in [2.45, 2.75) is 20.0 Å².